The highest BCUT2D eigenvalue weighted by molar-refractivity contribution is 7.18. The molecule has 2 rings (SSSR count). The number of carboxylic acid groups (broad SMARTS) is 1. The first-order chi connectivity index (χ1) is 9.02. The highest BCUT2D eigenvalue weighted by atomic mass is 32.1. The van der Waals surface area contributed by atoms with Gasteiger partial charge in [0.2, 0.25) is 0 Å². The zero-order chi connectivity index (χ0) is 14.0. The minimum absolute atomic E-state index is 0.0882. The number of nitrogens with one attached hydrogen (secondary N) is 1. The number of aromatic nitrogens is 1. The number of aromatic carboxylic acids is 1. The summed E-state index contributed by atoms with van der Waals surface area (Å²) in [5, 5.41) is 12.5. The topological polar surface area (TPSA) is 79.3 Å². The summed E-state index contributed by atoms with van der Waals surface area (Å²) in [6.45, 7) is 1.47. The van der Waals surface area contributed by atoms with Gasteiger partial charge in [-0.2, -0.15) is 0 Å². The second-order valence-electron chi connectivity index (χ2n) is 3.89. The van der Waals surface area contributed by atoms with Crippen molar-refractivity contribution in [2.45, 2.75) is 6.92 Å². The number of hydrogen-bond acceptors (Lipinski definition) is 5. The monoisotopic (exact) mass is 276 g/mol. The molecule has 0 unspecified atom stereocenters. The van der Waals surface area contributed by atoms with Crippen LogP contribution in [0.15, 0.2) is 24.3 Å². The largest absolute Gasteiger partial charge is 0.478 e. The van der Waals surface area contributed by atoms with Crippen LogP contribution in [0.25, 0.3) is 11.3 Å². The zero-order valence-corrected chi connectivity index (χ0v) is 11.2. The SMILES string of the molecule is CNc1nc(-c2cccc(C(=O)O)c2)c(C(C)=O)s1. The van der Waals surface area contributed by atoms with Crippen molar-refractivity contribution in [1.82, 2.24) is 4.98 Å². The first-order valence-corrected chi connectivity index (χ1v) is 6.38. The number of rotatable bonds is 4. The molecule has 0 spiro atoms. The fourth-order valence-corrected chi connectivity index (χ4v) is 2.50. The van der Waals surface area contributed by atoms with Crippen molar-refractivity contribution in [1.29, 1.82) is 0 Å². The van der Waals surface area contributed by atoms with Gasteiger partial charge in [-0.15, -0.1) is 0 Å². The van der Waals surface area contributed by atoms with Crippen LogP contribution in [-0.4, -0.2) is 28.9 Å². The molecule has 0 amide bonds. The summed E-state index contributed by atoms with van der Waals surface area (Å²) >= 11 is 1.26. The molecule has 0 aliphatic rings. The van der Waals surface area contributed by atoms with Gasteiger partial charge in [0, 0.05) is 19.5 Å². The Morgan fingerprint density at radius 1 is 1.37 bits per heavy atom. The predicted molar refractivity (Wildman–Crippen MR) is 74.1 cm³/mol. The Hall–Kier alpha value is -2.21. The van der Waals surface area contributed by atoms with Gasteiger partial charge in [-0.3, -0.25) is 4.79 Å². The van der Waals surface area contributed by atoms with Gasteiger partial charge in [-0.05, 0) is 12.1 Å². The first-order valence-electron chi connectivity index (χ1n) is 5.56. The predicted octanol–water partition coefficient (Wildman–Crippen LogP) is 2.75. The van der Waals surface area contributed by atoms with Crippen LogP contribution in [0.4, 0.5) is 5.13 Å². The maximum absolute atomic E-state index is 11.6. The van der Waals surface area contributed by atoms with E-state index in [1.165, 1.54) is 30.4 Å². The minimum Gasteiger partial charge on any atom is -0.478 e. The lowest BCUT2D eigenvalue weighted by molar-refractivity contribution is 0.0696. The summed E-state index contributed by atoms with van der Waals surface area (Å²) in [5.74, 6) is -1.09. The third kappa shape index (κ3) is 2.63. The van der Waals surface area contributed by atoms with Crippen molar-refractivity contribution < 1.29 is 14.7 Å². The van der Waals surface area contributed by atoms with Crippen LogP contribution in [-0.2, 0) is 0 Å². The minimum atomic E-state index is -1.00. The average Bonchev–Trinajstić information content (AvgIpc) is 2.83. The van der Waals surface area contributed by atoms with Crippen LogP contribution >= 0.6 is 11.3 Å². The molecule has 1 aromatic heterocycles. The molecule has 1 heterocycles. The molecule has 1 aromatic carbocycles. The Morgan fingerprint density at radius 3 is 2.68 bits per heavy atom. The van der Waals surface area contributed by atoms with Crippen molar-refractivity contribution >= 4 is 28.2 Å². The van der Waals surface area contributed by atoms with Gasteiger partial charge < -0.3 is 10.4 Å². The molecule has 0 radical (unpaired) electrons. The molecule has 0 saturated heterocycles. The van der Waals surface area contributed by atoms with E-state index in [1.54, 1.807) is 19.2 Å². The second kappa shape index (κ2) is 5.19. The average molecular weight is 276 g/mol. The van der Waals surface area contributed by atoms with Gasteiger partial charge >= 0.3 is 5.97 Å². The quantitative estimate of drug-likeness (QED) is 0.839. The summed E-state index contributed by atoms with van der Waals surface area (Å²) < 4.78 is 0. The van der Waals surface area contributed by atoms with Crippen molar-refractivity contribution in [3.05, 3.63) is 34.7 Å². The van der Waals surface area contributed by atoms with Gasteiger partial charge in [0.05, 0.1) is 16.1 Å². The smallest absolute Gasteiger partial charge is 0.335 e. The highest BCUT2D eigenvalue weighted by Crippen LogP contribution is 2.31. The summed E-state index contributed by atoms with van der Waals surface area (Å²) in [6, 6.07) is 6.41. The molecule has 0 fully saturated rings. The van der Waals surface area contributed by atoms with E-state index in [0.29, 0.717) is 21.3 Å². The highest BCUT2D eigenvalue weighted by Gasteiger charge is 2.17. The number of carboxylic acids is 1. The van der Waals surface area contributed by atoms with Crippen LogP contribution in [0.2, 0.25) is 0 Å². The van der Waals surface area contributed by atoms with Crippen molar-refractivity contribution in [2.24, 2.45) is 0 Å². The van der Waals surface area contributed by atoms with Crippen LogP contribution < -0.4 is 5.32 Å². The van der Waals surface area contributed by atoms with Crippen LogP contribution in [0, 0.1) is 0 Å². The molecular formula is C13H12N2O3S. The maximum atomic E-state index is 11.6. The van der Waals surface area contributed by atoms with Gasteiger partial charge in [0.1, 0.15) is 0 Å². The molecule has 2 aromatic rings. The molecule has 19 heavy (non-hydrogen) atoms. The molecule has 5 nitrogen and oxygen atoms in total. The van der Waals surface area contributed by atoms with Gasteiger partial charge in [-0.25, -0.2) is 9.78 Å². The maximum Gasteiger partial charge on any atom is 0.335 e. The summed E-state index contributed by atoms with van der Waals surface area (Å²) in [7, 11) is 1.72. The molecule has 0 aliphatic carbocycles. The van der Waals surface area contributed by atoms with Gasteiger partial charge in [0.25, 0.3) is 0 Å². The van der Waals surface area contributed by atoms with E-state index >= 15 is 0 Å². The normalized spacial score (nSPS) is 10.2. The Morgan fingerprint density at radius 2 is 2.11 bits per heavy atom. The number of carbonyl (C=O) groups excluding carboxylic acids is 1. The molecule has 0 saturated carbocycles. The zero-order valence-electron chi connectivity index (χ0n) is 10.4. The summed E-state index contributed by atoms with van der Waals surface area (Å²) in [6.07, 6.45) is 0. The molecule has 0 atom stereocenters. The number of thiazole rings is 1. The van der Waals surface area contributed by atoms with Crippen molar-refractivity contribution in [2.75, 3.05) is 12.4 Å². The molecule has 2 N–H and O–H groups in total. The molecule has 6 heteroatoms. The van der Waals surface area contributed by atoms with Crippen LogP contribution in [0.1, 0.15) is 27.0 Å². The third-order valence-corrected chi connectivity index (χ3v) is 3.72. The van der Waals surface area contributed by atoms with E-state index in [-0.39, 0.29) is 11.3 Å². The Balaban J connectivity index is 2.57. The Kier molecular flexibility index (Phi) is 3.62. The molecular weight excluding hydrogens is 264 g/mol. The van der Waals surface area contributed by atoms with Crippen LogP contribution in [0.5, 0.6) is 0 Å². The molecule has 0 aliphatic heterocycles. The lowest BCUT2D eigenvalue weighted by Gasteiger charge is -2.01. The lowest BCUT2D eigenvalue weighted by Crippen LogP contribution is -1.97. The van der Waals surface area contributed by atoms with Crippen molar-refractivity contribution in [3.63, 3.8) is 0 Å². The first kappa shape index (κ1) is 13.2. The molecule has 98 valence electrons. The van der Waals surface area contributed by atoms with E-state index < -0.39 is 5.97 Å². The van der Waals surface area contributed by atoms with Gasteiger partial charge in [-0.1, -0.05) is 23.5 Å². The van der Waals surface area contributed by atoms with Crippen molar-refractivity contribution in [3.8, 4) is 11.3 Å². The van der Waals surface area contributed by atoms with Crippen LogP contribution in [0.3, 0.4) is 0 Å². The fraction of sp³-hybridized carbons (Fsp3) is 0.154. The summed E-state index contributed by atoms with van der Waals surface area (Å²) in [4.78, 5) is 27.4. The number of ketones is 1. The standard InChI is InChI=1S/C13H12N2O3S/c1-7(16)11-10(15-13(14-2)19-11)8-4-3-5-9(6-8)12(17)18/h3-6H,1-2H3,(H,14,15)(H,17,18). The second-order valence-corrected chi connectivity index (χ2v) is 4.89. The fourth-order valence-electron chi connectivity index (χ4n) is 1.66. The number of carbonyl (C=O) groups is 2. The molecule has 0 bridgehead atoms. The van der Waals surface area contributed by atoms with E-state index in [4.69, 9.17) is 5.11 Å². The number of benzene rings is 1. The van der Waals surface area contributed by atoms with E-state index in [9.17, 15) is 9.59 Å². The number of hydrogen-bond donors (Lipinski definition) is 2. The third-order valence-electron chi connectivity index (χ3n) is 2.54. The van der Waals surface area contributed by atoms with Gasteiger partial charge in [0.15, 0.2) is 10.9 Å². The number of anilines is 1. The Labute approximate surface area is 113 Å². The summed E-state index contributed by atoms with van der Waals surface area (Å²) in [5.41, 5.74) is 1.32. The van der Waals surface area contributed by atoms with E-state index in [2.05, 4.69) is 10.3 Å². The number of Topliss-reactive ketones (excluding diaryl/α,β-unsaturated/α-hetero) is 1. The van der Waals surface area contributed by atoms with E-state index in [1.807, 2.05) is 0 Å². The lowest BCUT2D eigenvalue weighted by atomic mass is 10.1. The Bertz CT molecular complexity index is 649. The number of nitrogens with zero attached hydrogens (tertiary/aromatic N) is 1. The van der Waals surface area contributed by atoms with E-state index in [0.717, 1.165) is 0 Å².